The molecule has 0 fully saturated rings. The van der Waals surface area contributed by atoms with Gasteiger partial charge in [0.05, 0.1) is 0 Å². The summed E-state index contributed by atoms with van der Waals surface area (Å²) in [7, 11) is 4.20. The predicted octanol–water partition coefficient (Wildman–Crippen LogP) is 1.66. The molecule has 1 N–H and O–H groups in total. The molecule has 0 atom stereocenters. The molecule has 0 saturated heterocycles. The first kappa shape index (κ1) is 12.0. The van der Waals surface area contributed by atoms with Gasteiger partial charge in [0.15, 0.2) is 0 Å². The van der Waals surface area contributed by atoms with Crippen molar-refractivity contribution in [3.8, 4) is 0 Å². The van der Waals surface area contributed by atoms with Crippen LogP contribution in [0.25, 0.3) is 0 Å². The Bertz CT molecular complexity index is 278. The zero-order valence-corrected chi connectivity index (χ0v) is 10.2. The highest BCUT2D eigenvalue weighted by Crippen LogP contribution is 2.06. The fraction of sp³-hybridized carbons (Fsp3) is 0.727. The Hall–Kier alpha value is -1.03. The Kier molecular flexibility index (Phi) is 4.62. The van der Waals surface area contributed by atoms with E-state index in [0.717, 1.165) is 25.5 Å². The van der Waals surface area contributed by atoms with E-state index in [9.17, 15) is 0 Å². The molecule has 4 nitrogen and oxygen atoms in total. The normalized spacial score (nSPS) is 11.3. The Morgan fingerprint density at radius 3 is 2.80 bits per heavy atom. The number of hydrogen-bond acceptors (Lipinski definition) is 3. The summed E-state index contributed by atoms with van der Waals surface area (Å²) in [5, 5.41) is 3.33. The second kappa shape index (κ2) is 5.75. The molecule has 0 aliphatic rings. The lowest BCUT2D eigenvalue weighted by Crippen LogP contribution is -2.17. The van der Waals surface area contributed by atoms with E-state index < -0.39 is 0 Å². The second-order valence-electron chi connectivity index (χ2n) is 4.40. The monoisotopic (exact) mass is 210 g/mol. The fourth-order valence-electron chi connectivity index (χ4n) is 1.45. The van der Waals surface area contributed by atoms with Gasteiger partial charge >= 0.3 is 0 Å². The SMILES string of the molecule is CC(C)Nc1nccn1CCCN(C)C. The first-order valence-electron chi connectivity index (χ1n) is 5.52. The van der Waals surface area contributed by atoms with Crippen molar-refractivity contribution in [3.05, 3.63) is 12.4 Å². The molecule has 0 aliphatic carbocycles. The summed E-state index contributed by atoms with van der Waals surface area (Å²) in [5.74, 6) is 0.976. The minimum Gasteiger partial charge on any atom is -0.353 e. The largest absolute Gasteiger partial charge is 0.353 e. The number of nitrogens with zero attached hydrogens (tertiary/aromatic N) is 3. The number of anilines is 1. The van der Waals surface area contributed by atoms with E-state index in [1.54, 1.807) is 0 Å². The molecule has 1 aromatic rings. The van der Waals surface area contributed by atoms with Gasteiger partial charge in [0.1, 0.15) is 0 Å². The molecule has 0 aromatic carbocycles. The molecule has 0 unspecified atom stereocenters. The van der Waals surface area contributed by atoms with Gasteiger partial charge in [-0.25, -0.2) is 4.98 Å². The van der Waals surface area contributed by atoms with E-state index in [1.807, 2.05) is 12.4 Å². The molecule has 1 aromatic heterocycles. The van der Waals surface area contributed by atoms with Crippen LogP contribution in [-0.4, -0.2) is 41.1 Å². The lowest BCUT2D eigenvalue weighted by Gasteiger charge is -2.13. The standard InChI is InChI=1S/C11H22N4/c1-10(2)13-11-12-6-9-15(11)8-5-7-14(3)4/h6,9-10H,5,7-8H2,1-4H3,(H,12,13). The van der Waals surface area contributed by atoms with Crippen LogP contribution < -0.4 is 5.32 Å². The Morgan fingerprint density at radius 2 is 2.20 bits per heavy atom. The van der Waals surface area contributed by atoms with E-state index in [2.05, 4.69) is 47.7 Å². The van der Waals surface area contributed by atoms with Gasteiger partial charge in [0, 0.05) is 25.0 Å². The molecule has 0 spiro atoms. The van der Waals surface area contributed by atoms with E-state index in [0.29, 0.717) is 6.04 Å². The van der Waals surface area contributed by atoms with Gasteiger partial charge in [-0.2, -0.15) is 0 Å². The van der Waals surface area contributed by atoms with Gasteiger partial charge in [0.25, 0.3) is 0 Å². The number of nitrogens with one attached hydrogen (secondary N) is 1. The van der Waals surface area contributed by atoms with Crippen molar-refractivity contribution in [1.29, 1.82) is 0 Å². The van der Waals surface area contributed by atoms with E-state index in [4.69, 9.17) is 0 Å². The maximum absolute atomic E-state index is 4.29. The average Bonchev–Trinajstić information content (AvgIpc) is 2.51. The Balaban J connectivity index is 2.43. The zero-order chi connectivity index (χ0) is 11.3. The zero-order valence-electron chi connectivity index (χ0n) is 10.2. The van der Waals surface area contributed by atoms with E-state index in [1.165, 1.54) is 0 Å². The predicted molar refractivity (Wildman–Crippen MR) is 64.2 cm³/mol. The molecule has 0 saturated carbocycles. The first-order valence-corrected chi connectivity index (χ1v) is 5.52. The molecular weight excluding hydrogens is 188 g/mol. The van der Waals surface area contributed by atoms with Crippen LogP contribution in [0.3, 0.4) is 0 Å². The van der Waals surface area contributed by atoms with Crippen molar-refractivity contribution < 1.29 is 0 Å². The van der Waals surface area contributed by atoms with Crippen molar-refractivity contribution in [3.63, 3.8) is 0 Å². The maximum Gasteiger partial charge on any atom is 0.202 e. The molecule has 0 radical (unpaired) electrons. The molecule has 1 heterocycles. The molecule has 4 heteroatoms. The minimum atomic E-state index is 0.431. The molecule has 15 heavy (non-hydrogen) atoms. The topological polar surface area (TPSA) is 33.1 Å². The summed E-state index contributed by atoms with van der Waals surface area (Å²) in [6.45, 7) is 6.38. The van der Waals surface area contributed by atoms with Gasteiger partial charge in [-0.1, -0.05) is 0 Å². The molecular formula is C11H22N4. The smallest absolute Gasteiger partial charge is 0.202 e. The molecule has 0 aliphatic heterocycles. The van der Waals surface area contributed by atoms with Crippen molar-refractivity contribution in [2.75, 3.05) is 26.0 Å². The quantitative estimate of drug-likeness (QED) is 0.775. The highest BCUT2D eigenvalue weighted by Gasteiger charge is 2.03. The first-order chi connectivity index (χ1) is 7.09. The summed E-state index contributed by atoms with van der Waals surface area (Å²) >= 11 is 0. The second-order valence-corrected chi connectivity index (χ2v) is 4.40. The third kappa shape index (κ3) is 4.34. The van der Waals surface area contributed by atoms with Gasteiger partial charge < -0.3 is 14.8 Å². The fourth-order valence-corrected chi connectivity index (χ4v) is 1.45. The van der Waals surface area contributed by atoms with Gasteiger partial charge in [-0.05, 0) is 40.9 Å². The van der Waals surface area contributed by atoms with Crippen molar-refractivity contribution >= 4 is 5.95 Å². The van der Waals surface area contributed by atoms with Crippen molar-refractivity contribution in [2.24, 2.45) is 0 Å². The average molecular weight is 210 g/mol. The van der Waals surface area contributed by atoms with Crippen molar-refractivity contribution in [1.82, 2.24) is 14.5 Å². The van der Waals surface area contributed by atoms with Gasteiger partial charge in [-0.3, -0.25) is 0 Å². The molecule has 0 bridgehead atoms. The summed E-state index contributed by atoms with van der Waals surface area (Å²) in [6, 6.07) is 0.431. The summed E-state index contributed by atoms with van der Waals surface area (Å²) in [5.41, 5.74) is 0. The van der Waals surface area contributed by atoms with Crippen LogP contribution in [0.2, 0.25) is 0 Å². The van der Waals surface area contributed by atoms with Crippen LogP contribution in [0.4, 0.5) is 5.95 Å². The van der Waals surface area contributed by atoms with Crippen LogP contribution >= 0.6 is 0 Å². The lowest BCUT2D eigenvalue weighted by molar-refractivity contribution is 0.387. The number of aromatic nitrogens is 2. The molecule has 0 amide bonds. The summed E-state index contributed by atoms with van der Waals surface area (Å²) < 4.78 is 2.17. The highest BCUT2D eigenvalue weighted by molar-refractivity contribution is 5.26. The van der Waals surface area contributed by atoms with Crippen LogP contribution in [0.1, 0.15) is 20.3 Å². The molecule has 1 rings (SSSR count). The van der Waals surface area contributed by atoms with Gasteiger partial charge in [0.2, 0.25) is 5.95 Å². The van der Waals surface area contributed by atoms with E-state index in [-0.39, 0.29) is 0 Å². The maximum atomic E-state index is 4.29. The van der Waals surface area contributed by atoms with Crippen LogP contribution in [0.15, 0.2) is 12.4 Å². The third-order valence-corrected chi connectivity index (χ3v) is 2.14. The molecule has 86 valence electrons. The van der Waals surface area contributed by atoms with Crippen molar-refractivity contribution in [2.45, 2.75) is 32.9 Å². The lowest BCUT2D eigenvalue weighted by atomic mass is 10.4. The Labute approximate surface area is 92.3 Å². The number of aryl methyl sites for hydroxylation is 1. The van der Waals surface area contributed by atoms with Crippen LogP contribution in [0.5, 0.6) is 0 Å². The summed E-state index contributed by atoms with van der Waals surface area (Å²) in [6.07, 6.45) is 5.02. The minimum absolute atomic E-state index is 0.431. The van der Waals surface area contributed by atoms with E-state index >= 15 is 0 Å². The Morgan fingerprint density at radius 1 is 1.47 bits per heavy atom. The third-order valence-electron chi connectivity index (χ3n) is 2.14. The van der Waals surface area contributed by atoms with Gasteiger partial charge in [-0.15, -0.1) is 0 Å². The van der Waals surface area contributed by atoms with Crippen LogP contribution in [-0.2, 0) is 6.54 Å². The van der Waals surface area contributed by atoms with Crippen LogP contribution in [0, 0.1) is 0 Å². The number of hydrogen-bond donors (Lipinski definition) is 1. The number of rotatable bonds is 6. The highest BCUT2D eigenvalue weighted by atomic mass is 15.2. The number of imidazole rings is 1. The summed E-state index contributed by atoms with van der Waals surface area (Å²) in [4.78, 5) is 6.49.